The third-order valence-corrected chi connectivity index (χ3v) is 9.24. The highest BCUT2D eigenvalue weighted by molar-refractivity contribution is 6.68. The van der Waals surface area contributed by atoms with Gasteiger partial charge in [-0.25, -0.2) is 4.79 Å². The zero-order chi connectivity index (χ0) is 33.1. The third kappa shape index (κ3) is 7.60. The number of hydrogen-bond acceptors (Lipinski definition) is 5. The van der Waals surface area contributed by atoms with Crippen LogP contribution < -0.4 is 0 Å². The van der Waals surface area contributed by atoms with E-state index in [1.54, 1.807) is 36.4 Å². The smallest absolute Gasteiger partial charge is 0.321 e. The van der Waals surface area contributed by atoms with Crippen LogP contribution in [0.5, 0.6) is 0 Å². The van der Waals surface area contributed by atoms with E-state index in [1.807, 2.05) is 96.4 Å². The molecule has 0 spiro atoms. The van der Waals surface area contributed by atoms with Crippen LogP contribution in [-0.2, 0) is 35.4 Å². The monoisotopic (exact) mass is 670 g/mol. The zero-order valence-electron chi connectivity index (χ0n) is 26.2. The third-order valence-electron chi connectivity index (χ3n) is 8.80. The molecule has 4 aromatic carbocycles. The number of nitrogens with zero attached hydrogens (tertiary/aromatic N) is 2. The number of hydrogen-bond donors (Lipinski definition) is 0. The Morgan fingerprint density at radius 2 is 1.00 bits per heavy atom. The van der Waals surface area contributed by atoms with Crippen molar-refractivity contribution < 1.29 is 23.9 Å². The van der Waals surface area contributed by atoms with Crippen LogP contribution in [0, 0.1) is 0 Å². The minimum atomic E-state index is -0.910. The molecular weight excluding hydrogens is 635 g/mol. The maximum atomic E-state index is 15.1. The van der Waals surface area contributed by atoms with Crippen LogP contribution >= 0.6 is 23.2 Å². The molecule has 2 saturated heterocycles. The van der Waals surface area contributed by atoms with Gasteiger partial charge in [-0.15, -0.1) is 0 Å². The second-order valence-electron chi connectivity index (χ2n) is 12.6. The zero-order valence-corrected chi connectivity index (χ0v) is 27.7. The molecule has 0 unspecified atom stereocenters. The lowest BCUT2D eigenvalue weighted by molar-refractivity contribution is -0.157. The maximum absolute atomic E-state index is 15.1. The average Bonchev–Trinajstić information content (AvgIpc) is 3.36. The topological polar surface area (TPSA) is 76.2 Å². The Labute approximate surface area is 285 Å². The lowest BCUT2D eigenvalue weighted by Gasteiger charge is -2.37. The second-order valence-corrected chi connectivity index (χ2v) is 13.3. The average molecular weight is 672 g/mol. The summed E-state index contributed by atoms with van der Waals surface area (Å²) in [6.07, 6.45) is 0.0651. The highest BCUT2D eigenvalue weighted by atomic mass is 35.5. The lowest BCUT2D eigenvalue weighted by atomic mass is 9.91. The summed E-state index contributed by atoms with van der Waals surface area (Å²) in [7, 11) is 0. The normalized spacial score (nSPS) is 22.1. The fourth-order valence-electron chi connectivity index (χ4n) is 6.73. The van der Waals surface area contributed by atoms with Gasteiger partial charge in [0, 0.05) is 24.2 Å². The van der Waals surface area contributed by atoms with E-state index < -0.39 is 40.6 Å². The molecule has 0 saturated carbocycles. The fourth-order valence-corrected chi connectivity index (χ4v) is 6.96. The van der Waals surface area contributed by atoms with Gasteiger partial charge in [-0.3, -0.25) is 9.59 Å². The molecule has 2 fully saturated rings. The molecule has 2 amide bonds. The van der Waals surface area contributed by atoms with Gasteiger partial charge in [-0.05, 0) is 84.3 Å². The molecular formula is C38H36Cl2N2O5. The van der Waals surface area contributed by atoms with Gasteiger partial charge in [-0.2, -0.15) is 0 Å². The summed E-state index contributed by atoms with van der Waals surface area (Å²) < 4.78 is 13.5. The molecule has 0 aromatic heterocycles. The summed E-state index contributed by atoms with van der Waals surface area (Å²) in [5.41, 5.74) is 4.32. The van der Waals surface area contributed by atoms with Crippen molar-refractivity contribution in [3.05, 3.63) is 143 Å². The molecule has 0 aliphatic carbocycles. The molecule has 2 aliphatic heterocycles. The number of ether oxygens (including phenoxy) is 2. The Bertz CT molecular complexity index is 1620. The molecule has 0 N–H and O–H groups in total. The van der Waals surface area contributed by atoms with Crippen LogP contribution in [0.4, 0.5) is 4.79 Å². The van der Waals surface area contributed by atoms with Crippen molar-refractivity contribution in [2.75, 3.05) is 0 Å². The summed E-state index contributed by atoms with van der Waals surface area (Å²) in [5.74, 6) is -0.910. The summed E-state index contributed by atoms with van der Waals surface area (Å²) in [4.78, 5) is 43.0. The van der Waals surface area contributed by atoms with Crippen LogP contribution in [-0.4, -0.2) is 56.4 Å². The van der Waals surface area contributed by atoms with Crippen LogP contribution in [0.2, 0.25) is 0 Å². The SMILES string of the molecule is CC1(C)O[C@@H]2[C@@H](O1)[C@@H](Cc1ccccc1)N(Cc1cccc(C(=O)Cl)c1)C(=O)N(Cc1cccc(C(=O)Cl)c1)[C@@H]2Cc1ccccc1. The summed E-state index contributed by atoms with van der Waals surface area (Å²) >= 11 is 11.7. The number of urea groups is 1. The predicted octanol–water partition coefficient (Wildman–Crippen LogP) is 7.63. The lowest BCUT2D eigenvalue weighted by Crippen LogP contribution is -2.51. The van der Waals surface area contributed by atoms with Crippen LogP contribution in [0.25, 0.3) is 0 Å². The summed E-state index contributed by atoms with van der Waals surface area (Å²) in [6, 6.07) is 33.1. The van der Waals surface area contributed by atoms with Crippen molar-refractivity contribution in [1.29, 1.82) is 0 Å². The van der Waals surface area contributed by atoms with Crippen LogP contribution in [0.3, 0.4) is 0 Å². The van der Waals surface area contributed by atoms with Gasteiger partial charge in [0.2, 0.25) is 0 Å². The van der Waals surface area contributed by atoms with E-state index >= 15 is 4.79 Å². The molecule has 0 bridgehead atoms. The maximum Gasteiger partial charge on any atom is 0.321 e. The molecule has 242 valence electrons. The first kappa shape index (κ1) is 32.9. The fraction of sp³-hybridized carbons (Fsp3) is 0.289. The Kier molecular flexibility index (Phi) is 9.80. The number of carbonyl (C=O) groups is 3. The number of fused-ring (bicyclic) bond motifs is 1. The van der Waals surface area contributed by atoms with Crippen LogP contribution in [0.1, 0.15) is 56.8 Å². The van der Waals surface area contributed by atoms with E-state index in [9.17, 15) is 9.59 Å². The molecule has 6 rings (SSSR count). The number of benzene rings is 4. The molecule has 9 heteroatoms. The van der Waals surface area contributed by atoms with Crippen molar-refractivity contribution in [3.63, 3.8) is 0 Å². The van der Waals surface area contributed by atoms with Gasteiger partial charge in [0.25, 0.3) is 10.5 Å². The molecule has 2 aliphatic rings. The summed E-state index contributed by atoms with van der Waals surface area (Å²) in [6.45, 7) is 4.22. The van der Waals surface area contributed by atoms with Gasteiger partial charge in [0.1, 0.15) is 12.2 Å². The van der Waals surface area contributed by atoms with E-state index in [0.29, 0.717) is 24.0 Å². The van der Waals surface area contributed by atoms with E-state index in [2.05, 4.69) is 0 Å². The van der Waals surface area contributed by atoms with E-state index in [0.717, 1.165) is 22.3 Å². The van der Waals surface area contributed by atoms with Crippen molar-refractivity contribution >= 4 is 39.7 Å². The molecule has 4 atom stereocenters. The van der Waals surface area contributed by atoms with Crippen molar-refractivity contribution in [2.24, 2.45) is 0 Å². The summed E-state index contributed by atoms with van der Waals surface area (Å²) in [5, 5.41) is -1.13. The molecule has 0 radical (unpaired) electrons. The standard InChI is InChI=1S/C38H36Cl2N2O5/c1-38(2)46-33-31(21-25-11-5-3-6-12-25)41(23-27-15-9-17-29(19-27)35(39)43)37(45)42(24-28-16-10-18-30(20-28)36(40)44)32(34(33)47-38)22-26-13-7-4-8-14-26/h3-20,31-34H,21-24H2,1-2H3/t31-,32-,33+,34+/m1/s1. The van der Waals surface area contributed by atoms with Crippen molar-refractivity contribution in [1.82, 2.24) is 9.80 Å². The first-order chi connectivity index (χ1) is 22.6. The Morgan fingerprint density at radius 1 is 0.617 bits per heavy atom. The minimum Gasteiger partial charge on any atom is -0.342 e. The number of rotatable bonds is 10. The van der Waals surface area contributed by atoms with Crippen molar-refractivity contribution in [3.8, 4) is 0 Å². The first-order valence-electron chi connectivity index (χ1n) is 15.7. The Hall–Kier alpha value is -4.01. The molecule has 7 nitrogen and oxygen atoms in total. The van der Waals surface area contributed by atoms with Gasteiger partial charge in [0.15, 0.2) is 5.79 Å². The minimum absolute atomic E-state index is 0.204. The predicted molar refractivity (Wildman–Crippen MR) is 181 cm³/mol. The number of carbonyl (C=O) groups excluding carboxylic acids is 3. The molecule has 2 heterocycles. The quantitative estimate of drug-likeness (QED) is 0.162. The van der Waals surface area contributed by atoms with Gasteiger partial charge < -0.3 is 19.3 Å². The van der Waals surface area contributed by atoms with E-state index in [-0.39, 0.29) is 19.1 Å². The first-order valence-corrected chi connectivity index (χ1v) is 16.4. The largest absolute Gasteiger partial charge is 0.342 e. The van der Waals surface area contributed by atoms with Crippen molar-refractivity contribution in [2.45, 2.75) is 69.9 Å². The number of halogens is 2. The highest BCUT2D eigenvalue weighted by Crippen LogP contribution is 2.40. The van der Waals surface area contributed by atoms with Gasteiger partial charge >= 0.3 is 6.03 Å². The van der Waals surface area contributed by atoms with Gasteiger partial charge in [-0.1, -0.05) is 97.1 Å². The van der Waals surface area contributed by atoms with Crippen LogP contribution in [0.15, 0.2) is 109 Å². The van der Waals surface area contributed by atoms with E-state index in [1.165, 1.54) is 0 Å². The van der Waals surface area contributed by atoms with Gasteiger partial charge in [0.05, 0.1) is 12.1 Å². The Balaban J connectivity index is 1.50. The molecule has 47 heavy (non-hydrogen) atoms. The van der Waals surface area contributed by atoms with E-state index in [4.69, 9.17) is 32.7 Å². The molecule has 4 aromatic rings. The second kappa shape index (κ2) is 14.0. The highest BCUT2D eigenvalue weighted by Gasteiger charge is 2.55. The number of amides is 2. The Morgan fingerprint density at radius 3 is 1.38 bits per heavy atom.